The van der Waals surface area contributed by atoms with Gasteiger partial charge in [-0.05, 0) is 24.6 Å². The van der Waals surface area contributed by atoms with Gasteiger partial charge in [-0.25, -0.2) is 0 Å². The summed E-state index contributed by atoms with van der Waals surface area (Å²) in [6.45, 7) is 3.22. The van der Waals surface area contributed by atoms with Crippen molar-refractivity contribution in [3.05, 3.63) is 29.8 Å². The van der Waals surface area contributed by atoms with Crippen molar-refractivity contribution >= 4 is 17.6 Å². The van der Waals surface area contributed by atoms with Crippen LogP contribution in [0.1, 0.15) is 25.5 Å². The number of carboxylic acid groups (broad SMARTS) is 1. The Labute approximate surface area is 99.8 Å². The van der Waals surface area contributed by atoms with Gasteiger partial charge in [-0.1, -0.05) is 12.1 Å². The highest BCUT2D eigenvalue weighted by Crippen LogP contribution is 2.17. The molecule has 5 heteroatoms. The standard InChI is InChI=1S/C12H16N2O3/c1-8(13-7-12(16)17)10-4-3-5-11(6-10)14-9(2)15/h3-6,8,13H,7H2,1-2H3,(H,14,15)(H,16,17). The summed E-state index contributed by atoms with van der Waals surface area (Å²) in [6.07, 6.45) is 0. The zero-order chi connectivity index (χ0) is 12.8. The molecule has 1 amide bonds. The number of rotatable bonds is 5. The fraction of sp³-hybridized carbons (Fsp3) is 0.333. The summed E-state index contributed by atoms with van der Waals surface area (Å²) in [6, 6.07) is 7.22. The molecule has 5 nitrogen and oxygen atoms in total. The quantitative estimate of drug-likeness (QED) is 0.721. The van der Waals surface area contributed by atoms with E-state index in [4.69, 9.17) is 5.11 Å². The van der Waals surface area contributed by atoms with E-state index >= 15 is 0 Å². The third-order valence-corrected chi connectivity index (χ3v) is 2.27. The van der Waals surface area contributed by atoms with Crippen LogP contribution >= 0.6 is 0 Å². The van der Waals surface area contributed by atoms with Crippen molar-refractivity contribution in [2.24, 2.45) is 0 Å². The molecule has 1 aromatic rings. The Bertz CT molecular complexity index is 418. The van der Waals surface area contributed by atoms with Gasteiger partial charge in [0.05, 0.1) is 6.54 Å². The van der Waals surface area contributed by atoms with E-state index in [0.717, 1.165) is 5.56 Å². The van der Waals surface area contributed by atoms with Gasteiger partial charge < -0.3 is 15.7 Å². The van der Waals surface area contributed by atoms with Gasteiger partial charge in [-0.15, -0.1) is 0 Å². The lowest BCUT2D eigenvalue weighted by molar-refractivity contribution is -0.136. The summed E-state index contributed by atoms with van der Waals surface area (Å²) in [5.41, 5.74) is 1.64. The van der Waals surface area contributed by atoms with Gasteiger partial charge in [0, 0.05) is 18.7 Å². The van der Waals surface area contributed by atoms with E-state index in [1.54, 1.807) is 6.07 Å². The molecule has 1 rings (SSSR count). The predicted octanol–water partition coefficient (Wildman–Crippen LogP) is 1.38. The van der Waals surface area contributed by atoms with Crippen molar-refractivity contribution in [3.63, 3.8) is 0 Å². The largest absolute Gasteiger partial charge is 0.480 e. The fourth-order valence-corrected chi connectivity index (χ4v) is 1.45. The van der Waals surface area contributed by atoms with E-state index in [-0.39, 0.29) is 18.5 Å². The van der Waals surface area contributed by atoms with E-state index in [1.165, 1.54) is 6.92 Å². The number of carbonyl (C=O) groups excluding carboxylic acids is 1. The number of carbonyl (C=O) groups is 2. The maximum atomic E-state index is 10.9. The third kappa shape index (κ3) is 4.65. The van der Waals surface area contributed by atoms with Gasteiger partial charge in [0.15, 0.2) is 0 Å². The van der Waals surface area contributed by atoms with Gasteiger partial charge in [-0.3, -0.25) is 9.59 Å². The van der Waals surface area contributed by atoms with Crippen LogP contribution in [0.3, 0.4) is 0 Å². The van der Waals surface area contributed by atoms with Crippen LogP contribution in [-0.2, 0) is 9.59 Å². The SMILES string of the molecule is CC(=O)Nc1cccc(C(C)NCC(=O)O)c1. The fourth-order valence-electron chi connectivity index (χ4n) is 1.45. The molecule has 0 radical (unpaired) electrons. The second-order valence-corrected chi connectivity index (χ2v) is 3.80. The molecule has 0 saturated heterocycles. The van der Waals surface area contributed by atoms with E-state index < -0.39 is 5.97 Å². The van der Waals surface area contributed by atoms with Gasteiger partial charge in [0.2, 0.25) is 5.91 Å². The molecule has 0 saturated carbocycles. The minimum absolute atomic E-state index is 0.0835. The Morgan fingerprint density at radius 3 is 2.71 bits per heavy atom. The van der Waals surface area contributed by atoms with Crippen molar-refractivity contribution in [2.45, 2.75) is 19.9 Å². The van der Waals surface area contributed by atoms with E-state index in [9.17, 15) is 9.59 Å². The minimum Gasteiger partial charge on any atom is -0.480 e. The first-order chi connectivity index (χ1) is 7.99. The van der Waals surface area contributed by atoms with Gasteiger partial charge in [0.1, 0.15) is 0 Å². The van der Waals surface area contributed by atoms with Crippen LogP contribution in [0.2, 0.25) is 0 Å². The first-order valence-corrected chi connectivity index (χ1v) is 5.32. The molecule has 17 heavy (non-hydrogen) atoms. The first kappa shape index (κ1) is 13.2. The molecule has 0 heterocycles. The lowest BCUT2D eigenvalue weighted by Crippen LogP contribution is -2.25. The van der Waals surface area contributed by atoms with Gasteiger partial charge >= 0.3 is 5.97 Å². The number of carboxylic acids is 1. The van der Waals surface area contributed by atoms with Gasteiger partial charge in [-0.2, -0.15) is 0 Å². The summed E-state index contributed by atoms with van der Waals surface area (Å²) in [5.74, 6) is -1.02. The van der Waals surface area contributed by atoms with Crippen molar-refractivity contribution in [2.75, 3.05) is 11.9 Å². The summed E-state index contributed by atoms with van der Waals surface area (Å²) in [4.78, 5) is 21.3. The third-order valence-electron chi connectivity index (χ3n) is 2.27. The van der Waals surface area contributed by atoms with Crippen LogP contribution in [-0.4, -0.2) is 23.5 Å². The molecule has 0 bridgehead atoms. The Hall–Kier alpha value is -1.88. The lowest BCUT2D eigenvalue weighted by Gasteiger charge is -2.13. The van der Waals surface area contributed by atoms with Crippen LogP contribution in [0.4, 0.5) is 5.69 Å². The molecule has 0 spiro atoms. The maximum Gasteiger partial charge on any atom is 0.317 e. The molecule has 1 atom stereocenters. The molecule has 1 aromatic carbocycles. The second-order valence-electron chi connectivity index (χ2n) is 3.80. The molecule has 3 N–H and O–H groups in total. The summed E-state index contributed by atoms with van der Waals surface area (Å²) < 4.78 is 0. The van der Waals surface area contributed by atoms with Crippen LogP contribution in [0.15, 0.2) is 24.3 Å². The molecule has 0 aromatic heterocycles. The van der Waals surface area contributed by atoms with Crippen molar-refractivity contribution < 1.29 is 14.7 Å². The highest BCUT2D eigenvalue weighted by atomic mass is 16.4. The molecular formula is C12H16N2O3. The van der Waals surface area contributed by atoms with Crippen LogP contribution < -0.4 is 10.6 Å². The minimum atomic E-state index is -0.894. The molecule has 92 valence electrons. The van der Waals surface area contributed by atoms with Crippen molar-refractivity contribution in [1.82, 2.24) is 5.32 Å². The van der Waals surface area contributed by atoms with E-state index in [2.05, 4.69) is 10.6 Å². The van der Waals surface area contributed by atoms with Crippen molar-refractivity contribution in [1.29, 1.82) is 0 Å². The predicted molar refractivity (Wildman–Crippen MR) is 64.8 cm³/mol. The number of aliphatic carboxylic acids is 1. The smallest absolute Gasteiger partial charge is 0.317 e. The van der Waals surface area contributed by atoms with Crippen LogP contribution in [0, 0.1) is 0 Å². The van der Waals surface area contributed by atoms with E-state index in [1.807, 2.05) is 25.1 Å². The average Bonchev–Trinajstić information content (AvgIpc) is 2.25. The number of nitrogens with one attached hydrogen (secondary N) is 2. The molecule has 0 aliphatic carbocycles. The monoisotopic (exact) mass is 236 g/mol. The Kier molecular flexibility index (Phi) is 4.66. The topological polar surface area (TPSA) is 78.4 Å². The van der Waals surface area contributed by atoms with Crippen LogP contribution in [0.25, 0.3) is 0 Å². The number of anilines is 1. The average molecular weight is 236 g/mol. The highest BCUT2D eigenvalue weighted by molar-refractivity contribution is 5.88. The summed E-state index contributed by atoms with van der Waals surface area (Å²) >= 11 is 0. The first-order valence-electron chi connectivity index (χ1n) is 5.32. The number of hydrogen-bond donors (Lipinski definition) is 3. The maximum absolute atomic E-state index is 10.9. The number of benzene rings is 1. The Morgan fingerprint density at radius 1 is 1.41 bits per heavy atom. The highest BCUT2D eigenvalue weighted by Gasteiger charge is 2.07. The second kappa shape index (κ2) is 6.00. The summed E-state index contributed by atoms with van der Waals surface area (Å²) in [7, 11) is 0. The molecule has 1 unspecified atom stereocenters. The van der Waals surface area contributed by atoms with E-state index in [0.29, 0.717) is 5.69 Å². The zero-order valence-corrected chi connectivity index (χ0v) is 9.86. The summed E-state index contributed by atoms with van der Waals surface area (Å²) in [5, 5.41) is 14.1. The molecule has 0 fully saturated rings. The van der Waals surface area contributed by atoms with Crippen LogP contribution in [0.5, 0.6) is 0 Å². The number of amides is 1. The van der Waals surface area contributed by atoms with Crippen molar-refractivity contribution in [3.8, 4) is 0 Å². The normalized spacial score (nSPS) is 11.9. The lowest BCUT2D eigenvalue weighted by atomic mass is 10.1. The number of hydrogen-bond acceptors (Lipinski definition) is 3. The zero-order valence-electron chi connectivity index (χ0n) is 9.86. The Morgan fingerprint density at radius 2 is 2.12 bits per heavy atom. The molecular weight excluding hydrogens is 220 g/mol. The van der Waals surface area contributed by atoms with Gasteiger partial charge in [0.25, 0.3) is 0 Å². The molecule has 0 aliphatic heterocycles. The molecule has 0 aliphatic rings. The Balaban J connectivity index is 2.69.